The Bertz CT molecular complexity index is 619. The first-order chi connectivity index (χ1) is 9.75. The minimum Gasteiger partial charge on any atom is -0.304 e. The van der Waals surface area contributed by atoms with Crippen molar-refractivity contribution in [2.45, 2.75) is 53.0 Å². The third-order valence-corrected chi connectivity index (χ3v) is 4.71. The molecule has 0 fully saturated rings. The maximum atomic E-state index is 4.89. The highest BCUT2D eigenvalue weighted by molar-refractivity contribution is 7.09. The number of rotatable bonds is 4. The molecule has 0 radical (unpaired) electrons. The van der Waals surface area contributed by atoms with Crippen LogP contribution in [0, 0.1) is 13.8 Å². The van der Waals surface area contributed by atoms with E-state index in [2.05, 4.69) is 57.3 Å². The summed E-state index contributed by atoms with van der Waals surface area (Å²) in [7, 11) is 2.00. The van der Waals surface area contributed by atoms with Crippen molar-refractivity contribution in [3.8, 4) is 0 Å². The van der Waals surface area contributed by atoms with Crippen LogP contribution in [0.1, 0.15) is 61.4 Å². The van der Waals surface area contributed by atoms with Crippen molar-refractivity contribution < 1.29 is 0 Å². The van der Waals surface area contributed by atoms with E-state index in [0.717, 1.165) is 22.9 Å². The normalized spacial score (nSPS) is 13.7. The Morgan fingerprint density at radius 1 is 1.33 bits per heavy atom. The monoisotopic (exact) mass is 306 g/mol. The molecule has 1 unspecified atom stereocenters. The molecule has 2 aromatic rings. The van der Waals surface area contributed by atoms with Crippen molar-refractivity contribution in [2.24, 2.45) is 7.05 Å². The van der Waals surface area contributed by atoms with Gasteiger partial charge in [0.25, 0.3) is 0 Å². The summed E-state index contributed by atoms with van der Waals surface area (Å²) in [5, 5.41) is 11.4. The molecule has 0 bridgehead atoms. The average Bonchev–Trinajstić information content (AvgIpc) is 2.94. The lowest BCUT2D eigenvalue weighted by Crippen LogP contribution is -2.23. The molecule has 0 aliphatic heterocycles. The zero-order valence-corrected chi connectivity index (χ0v) is 14.9. The van der Waals surface area contributed by atoms with Gasteiger partial charge in [-0.2, -0.15) is 5.10 Å². The Morgan fingerprint density at radius 3 is 2.43 bits per heavy atom. The number of hydrogen-bond donors (Lipinski definition) is 1. The van der Waals surface area contributed by atoms with Gasteiger partial charge in [0.05, 0.1) is 17.4 Å². The van der Waals surface area contributed by atoms with Gasteiger partial charge in [-0.1, -0.05) is 27.7 Å². The fraction of sp³-hybridized carbons (Fsp3) is 0.625. The molecule has 116 valence electrons. The predicted octanol–water partition coefficient (Wildman–Crippen LogP) is 3.49. The first-order valence-corrected chi connectivity index (χ1v) is 8.33. The van der Waals surface area contributed by atoms with Crippen molar-refractivity contribution >= 4 is 11.3 Å². The third kappa shape index (κ3) is 3.19. The molecule has 21 heavy (non-hydrogen) atoms. The molecular formula is C16H26N4S. The Kier molecular flexibility index (Phi) is 4.54. The molecule has 0 saturated carbocycles. The zero-order valence-electron chi connectivity index (χ0n) is 14.1. The largest absolute Gasteiger partial charge is 0.304 e. The molecule has 0 aliphatic carbocycles. The minimum atomic E-state index is 0.0878. The first kappa shape index (κ1) is 16.2. The molecule has 4 nitrogen and oxygen atoms in total. The second-order valence-electron chi connectivity index (χ2n) is 6.52. The van der Waals surface area contributed by atoms with Gasteiger partial charge < -0.3 is 5.32 Å². The minimum absolute atomic E-state index is 0.0878. The van der Waals surface area contributed by atoms with E-state index in [4.69, 9.17) is 4.98 Å². The van der Waals surface area contributed by atoms with Crippen LogP contribution in [0.5, 0.6) is 0 Å². The molecule has 1 N–H and O–H groups in total. The van der Waals surface area contributed by atoms with Gasteiger partial charge in [0.15, 0.2) is 0 Å². The van der Waals surface area contributed by atoms with E-state index >= 15 is 0 Å². The van der Waals surface area contributed by atoms with Crippen LogP contribution in [0.2, 0.25) is 0 Å². The highest BCUT2D eigenvalue weighted by Gasteiger charge is 2.26. The molecule has 2 rings (SSSR count). The topological polar surface area (TPSA) is 42.7 Å². The van der Waals surface area contributed by atoms with E-state index in [1.165, 1.54) is 11.3 Å². The lowest BCUT2D eigenvalue weighted by atomic mass is 9.93. The molecule has 2 heterocycles. The van der Waals surface area contributed by atoms with Crippen molar-refractivity contribution in [3.05, 3.63) is 33.0 Å². The second-order valence-corrected chi connectivity index (χ2v) is 7.41. The van der Waals surface area contributed by atoms with Crippen molar-refractivity contribution in [3.63, 3.8) is 0 Å². The highest BCUT2D eigenvalue weighted by Crippen LogP contribution is 2.32. The van der Waals surface area contributed by atoms with Gasteiger partial charge >= 0.3 is 0 Å². The quantitative estimate of drug-likeness (QED) is 0.940. The molecule has 1 atom stereocenters. The van der Waals surface area contributed by atoms with E-state index in [0.29, 0.717) is 0 Å². The second kappa shape index (κ2) is 5.89. The van der Waals surface area contributed by atoms with E-state index in [-0.39, 0.29) is 11.5 Å². The molecule has 0 aromatic carbocycles. The fourth-order valence-electron chi connectivity index (χ4n) is 2.49. The van der Waals surface area contributed by atoms with Crippen LogP contribution in [0.4, 0.5) is 0 Å². The zero-order chi connectivity index (χ0) is 15.8. The Hall–Kier alpha value is -1.20. The Labute approximate surface area is 131 Å². The fourth-order valence-corrected chi connectivity index (χ4v) is 3.62. The molecule has 5 heteroatoms. The summed E-state index contributed by atoms with van der Waals surface area (Å²) in [6, 6.07) is 0.129. The van der Waals surface area contributed by atoms with Gasteiger partial charge in [0.1, 0.15) is 5.01 Å². The van der Waals surface area contributed by atoms with Gasteiger partial charge in [-0.25, -0.2) is 4.98 Å². The van der Waals surface area contributed by atoms with E-state index < -0.39 is 0 Å². The third-order valence-electron chi connectivity index (χ3n) is 3.80. The SMILES string of the molecule is CCNC(c1nc(C(C)(C)C)cs1)c1c(C)nn(C)c1C. The van der Waals surface area contributed by atoms with Gasteiger partial charge in [-0.05, 0) is 20.4 Å². The summed E-state index contributed by atoms with van der Waals surface area (Å²) in [4.78, 5) is 4.89. The summed E-state index contributed by atoms with van der Waals surface area (Å²) < 4.78 is 1.95. The number of hydrogen-bond acceptors (Lipinski definition) is 4. The standard InChI is InChI=1S/C16H26N4S/c1-8-17-14(13-10(2)19-20(7)11(13)3)15-18-12(9-21-15)16(4,5)6/h9,14,17H,8H2,1-7H3. The van der Waals surface area contributed by atoms with Gasteiger partial charge in [0.2, 0.25) is 0 Å². The maximum absolute atomic E-state index is 4.89. The predicted molar refractivity (Wildman–Crippen MR) is 89.0 cm³/mol. The molecule has 0 spiro atoms. The summed E-state index contributed by atoms with van der Waals surface area (Å²) in [6.45, 7) is 13.8. The maximum Gasteiger partial charge on any atom is 0.115 e. The van der Waals surface area contributed by atoms with Crippen LogP contribution in [0.25, 0.3) is 0 Å². The Morgan fingerprint density at radius 2 is 2.00 bits per heavy atom. The lowest BCUT2D eigenvalue weighted by molar-refractivity contribution is 0.561. The molecule has 0 saturated heterocycles. The molecular weight excluding hydrogens is 280 g/mol. The highest BCUT2D eigenvalue weighted by atomic mass is 32.1. The van der Waals surface area contributed by atoms with Crippen LogP contribution in [-0.2, 0) is 12.5 Å². The number of aryl methyl sites for hydroxylation is 2. The smallest absolute Gasteiger partial charge is 0.115 e. The van der Waals surface area contributed by atoms with E-state index in [9.17, 15) is 0 Å². The van der Waals surface area contributed by atoms with E-state index in [1.54, 1.807) is 11.3 Å². The Balaban J connectivity index is 2.46. The number of nitrogens with zero attached hydrogens (tertiary/aromatic N) is 3. The lowest BCUT2D eigenvalue weighted by Gasteiger charge is -2.18. The van der Waals surface area contributed by atoms with Crippen LogP contribution < -0.4 is 5.32 Å². The summed E-state index contributed by atoms with van der Waals surface area (Å²) in [5.74, 6) is 0. The van der Waals surface area contributed by atoms with Gasteiger partial charge in [0, 0.05) is 29.1 Å². The molecule has 2 aromatic heterocycles. The van der Waals surface area contributed by atoms with Crippen molar-refractivity contribution in [1.82, 2.24) is 20.1 Å². The first-order valence-electron chi connectivity index (χ1n) is 7.45. The van der Waals surface area contributed by atoms with Gasteiger partial charge in [-0.3, -0.25) is 4.68 Å². The van der Waals surface area contributed by atoms with Crippen molar-refractivity contribution in [2.75, 3.05) is 6.54 Å². The average molecular weight is 306 g/mol. The summed E-state index contributed by atoms with van der Waals surface area (Å²) >= 11 is 1.74. The molecule has 0 aliphatic rings. The van der Waals surface area contributed by atoms with E-state index in [1.807, 2.05) is 11.7 Å². The summed E-state index contributed by atoms with van der Waals surface area (Å²) in [6.07, 6.45) is 0. The number of thiazole rings is 1. The van der Waals surface area contributed by atoms with Crippen LogP contribution in [-0.4, -0.2) is 21.3 Å². The number of nitrogens with one attached hydrogen (secondary N) is 1. The summed E-state index contributed by atoms with van der Waals surface area (Å²) in [5.41, 5.74) is 4.78. The van der Waals surface area contributed by atoms with Crippen LogP contribution in [0.15, 0.2) is 5.38 Å². The van der Waals surface area contributed by atoms with Crippen LogP contribution in [0.3, 0.4) is 0 Å². The molecule has 0 amide bonds. The number of aromatic nitrogens is 3. The van der Waals surface area contributed by atoms with Crippen LogP contribution >= 0.6 is 11.3 Å². The van der Waals surface area contributed by atoms with Gasteiger partial charge in [-0.15, -0.1) is 11.3 Å². The van der Waals surface area contributed by atoms with Crippen molar-refractivity contribution in [1.29, 1.82) is 0 Å².